The number of rotatable bonds is 6. The first kappa shape index (κ1) is 14.7. The number of nitrogens with zero attached hydrogens (tertiary/aromatic N) is 1. The molecule has 1 atom stereocenters. The fraction of sp³-hybridized carbons (Fsp3) is 0.500. The van der Waals surface area contributed by atoms with Crippen LogP contribution in [0.2, 0.25) is 0 Å². The Hall–Kier alpha value is -1.39. The summed E-state index contributed by atoms with van der Waals surface area (Å²) in [7, 11) is 3.35. The molecule has 0 amide bonds. The van der Waals surface area contributed by atoms with Gasteiger partial charge in [0.1, 0.15) is 0 Å². The lowest BCUT2D eigenvalue weighted by Crippen LogP contribution is -2.23. The van der Waals surface area contributed by atoms with E-state index >= 15 is 0 Å². The number of aliphatic hydroxyl groups is 1. The van der Waals surface area contributed by atoms with Gasteiger partial charge >= 0.3 is 5.97 Å². The number of methoxy groups -OCH3 is 1. The Morgan fingerprint density at radius 3 is 2.72 bits per heavy atom. The summed E-state index contributed by atoms with van der Waals surface area (Å²) >= 11 is 0. The lowest BCUT2D eigenvalue weighted by Gasteiger charge is -2.18. The summed E-state index contributed by atoms with van der Waals surface area (Å²) in [6.07, 6.45) is 0.417. The molecule has 0 bridgehead atoms. The molecule has 1 rings (SSSR count). The van der Waals surface area contributed by atoms with Crippen molar-refractivity contribution < 1.29 is 14.6 Å². The fourth-order valence-electron chi connectivity index (χ4n) is 1.74. The maximum absolute atomic E-state index is 11.6. The molecule has 1 aromatic carbocycles. The van der Waals surface area contributed by atoms with Crippen LogP contribution in [0.5, 0.6) is 0 Å². The molecule has 100 valence electrons. The lowest BCUT2D eigenvalue weighted by molar-refractivity contribution is 0.0598. The van der Waals surface area contributed by atoms with Crippen molar-refractivity contribution in [3.05, 3.63) is 35.4 Å². The van der Waals surface area contributed by atoms with E-state index < -0.39 is 0 Å². The normalized spacial score (nSPS) is 12.5. The Morgan fingerprint density at radius 2 is 2.11 bits per heavy atom. The van der Waals surface area contributed by atoms with Gasteiger partial charge in [0.2, 0.25) is 0 Å². The Kier molecular flexibility index (Phi) is 5.82. The Morgan fingerprint density at radius 1 is 1.44 bits per heavy atom. The summed E-state index contributed by atoms with van der Waals surface area (Å²) in [6.45, 7) is 3.22. The van der Waals surface area contributed by atoms with Crippen LogP contribution < -0.4 is 0 Å². The van der Waals surface area contributed by atoms with Crippen molar-refractivity contribution in [3.63, 3.8) is 0 Å². The van der Waals surface area contributed by atoms with Crippen LogP contribution in [-0.2, 0) is 11.3 Å². The van der Waals surface area contributed by atoms with Crippen LogP contribution in [0.3, 0.4) is 0 Å². The summed E-state index contributed by atoms with van der Waals surface area (Å²) in [5.41, 5.74) is 1.54. The van der Waals surface area contributed by atoms with Crippen molar-refractivity contribution in [1.29, 1.82) is 0 Å². The van der Waals surface area contributed by atoms with Crippen LogP contribution in [0.25, 0.3) is 0 Å². The number of esters is 1. The predicted octanol–water partition coefficient (Wildman–Crippen LogP) is 1.68. The standard InChI is InChI=1S/C14H21NO3/c1-11(16)8-9-15(2)10-12-6-4-5-7-13(12)14(17)18-3/h4-7,11,16H,8-10H2,1-3H3. The zero-order valence-electron chi connectivity index (χ0n) is 11.2. The molecule has 1 unspecified atom stereocenters. The van der Waals surface area contributed by atoms with Gasteiger partial charge in [-0.1, -0.05) is 18.2 Å². The molecule has 0 heterocycles. The smallest absolute Gasteiger partial charge is 0.338 e. The molecule has 0 saturated heterocycles. The van der Waals surface area contributed by atoms with Crippen molar-refractivity contribution >= 4 is 5.97 Å². The summed E-state index contributed by atoms with van der Waals surface area (Å²) < 4.78 is 4.76. The van der Waals surface area contributed by atoms with E-state index in [2.05, 4.69) is 4.90 Å². The number of ether oxygens (including phenoxy) is 1. The monoisotopic (exact) mass is 251 g/mol. The van der Waals surface area contributed by atoms with Gasteiger partial charge in [0.05, 0.1) is 18.8 Å². The van der Waals surface area contributed by atoms with E-state index in [1.165, 1.54) is 7.11 Å². The molecule has 0 fully saturated rings. The first-order valence-electron chi connectivity index (χ1n) is 6.07. The molecule has 0 aliphatic carbocycles. The highest BCUT2D eigenvalue weighted by molar-refractivity contribution is 5.90. The van der Waals surface area contributed by atoms with Crippen molar-refractivity contribution in [3.8, 4) is 0 Å². The highest BCUT2D eigenvalue weighted by Crippen LogP contribution is 2.12. The van der Waals surface area contributed by atoms with Crippen LogP contribution in [0.1, 0.15) is 29.3 Å². The van der Waals surface area contributed by atoms with Gasteiger partial charge in [0.25, 0.3) is 0 Å². The number of benzene rings is 1. The molecule has 0 aliphatic heterocycles. The van der Waals surface area contributed by atoms with Gasteiger partial charge in [-0.25, -0.2) is 4.79 Å². The lowest BCUT2D eigenvalue weighted by atomic mass is 10.1. The van der Waals surface area contributed by atoms with Gasteiger partial charge < -0.3 is 14.7 Å². The zero-order chi connectivity index (χ0) is 13.5. The van der Waals surface area contributed by atoms with Gasteiger partial charge in [-0.2, -0.15) is 0 Å². The van der Waals surface area contributed by atoms with Gasteiger partial charge in [0, 0.05) is 13.1 Å². The van der Waals surface area contributed by atoms with E-state index in [0.717, 1.165) is 18.5 Å². The molecule has 1 aromatic rings. The molecule has 0 aromatic heterocycles. The van der Waals surface area contributed by atoms with Gasteiger partial charge in [-0.05, 0) is 32.0 Å². The van der Waals surface area contributed by atoms with E-state index in [0.29, 0.717) is 12.1 Å². The Bertz CT molecular complexity index is 390. The maximum Gasteiger partial charge on any atom is 0.338 e. The summed E-state index contributed by atoms with van der Waals surface area (Å²) in [5.74, 6) is -0.311. The van der Waals surface area contributed by atoms with Crippen molar-refractivity contribution in [2.24, 2.45) is 0 Å². The summed E-state index contributed by atoms with van der Waals surface area (Å²) in [5, 5.41) is 9.25. The van der Waals surface area contributed by atoms with Crippen LogP contribution >= 0.6 is 0 Å². The summed E-state index contributed by atoms with van der Waals surface area (Å²) in [4.78, 5) is 13.7. The van der Waals surface area contributed by atoms with Gasteiger partial charge in [-0.15, -0.1) is 0 Å². The van der Waals surface area contributed by atoms with E-state index in [-0.39, 0.29) is 12.1 Å². The third-order valence-corrected chi connectivity index (χ3v) is 2.79. The second-order valence-corrected chi connectivity index (χ2v) is 4.52. The van der Waals surface area contributed by atoms with Crippen molar-refractivity contribution in [2.45, 2.75) is 26.0 Å². The van der Waals surface area contributed by atoms with E-state index in [1.807, 2.05) is 25.2 Å². The Labute approximate surface area is 108 Å². The molecule has 0 saturated carbocycles. The third kappa shape index (κ3) is 4.47. The highest BCUT2D eigenvalue weighted by Gasteiger charge is 2.12. The number of aliphatic hydroxyl groups excluding tert-OH is 1. The minimum atomic E-state index is -0.311. The number of carbonyl (C=O) groups is 1. The SMILES string of the molecule is COC(=O)c1ccccc1CN(C)CCC(C)O. The Balaban J connectivity index is 2.69. The van der Waals surface area contributed by atoms with Crippen LogP contribution in [0.4, 0.5) is 0 Å². The number of carbonyl (C=O) groups excluding carboxylic acids is 1. The average Bonchev–Trinajstić information content (AvgIpc) is 2.36. The van der Waals surface area contributed by atoms with Crippen molar-refractivity contribution in [2.75, 3.05) is 20.7 Å². The quantitative estimate of drug-likeness (QED) is 0.781. The fourth-order valence-corrected chi connectivity index (χ4v) is 1.74. The average molecular weight is 251 g/mol. The molecule has 0 aliphatic rings. The van der Waals surface area contributed by atoms with Crippen LogP contribution in [0, 0.1) is 0 Å². The maximum atomic E-state index is 11.6. The van der Waals surface area contributed by atoms with Crippen LogP contribution in [0.15, 0.2) is 24.3 Å². The second-order valence-electron chi connectivity index (χ2n) is 4.52. The predicted molar refractivity (Wildman–Crippen MR) is 70.4 cm³/mol. The molecule has 4 heteroatoms. The minimum Gasteiger partial charge on any atom is -0.465 e. The van der Waals surface area contributed by atoms with Crippen LogP contribution in [-0.4, -0.2) is 42.8 Å². The highest BCUT2D eigenvalue weighted by atomic mass is 16.5. The zero-order valence-corrected chi connectivity index (χ0v) is 11.2. The molecule has 0 radical (unpaired) electrons. The third-order valence-electron chi connectivity index (χ3n) is 2.79. The first-order chi connectivity index (χ1) is 8.54. The molecular formula is C14H21NO3. The van der Waals surface area contributed by atoms with Gasteiger partial charge in [-0.3, -0.25) is 0 Å². The second kappa shape index (κ2) is 7.13. The number of hydrogen-bond acceptors (Lipinski definition) is 4. The molecule has 18 heavy (non-hydrogen) atoms. The molecular weight excluding hydrogens is 230 g/mol. The molecule has 0 spiro atoms. The van der Waals surface area contributed by atoms with E-state index in [1.54, 1.807) is 13.0 Å². The summed E-state index contributed by atoms with van der Waals surface area (Å²) in [6, 6.07) is 7.42. The van der Waals surface area contributed by atoms with Crippen molar-refractivity contribution in [1.82, 2.24) is 4.90 Å². The first-order valence-corrected chi connectivity index (χ1v) is 6.07. The minimum absolute atomic E-state index is 0.302. The topological polar surface area (TPSA) is 49.8 Å². The van der Waals surface area contributed by atoms with E-state index in [9.17, 15) is 9.90 Å². The molecule has 1 N–H and O–H groups in total. The number of hydrogen-bond donors (Lipinski definition) is 1. The largest absolute Gasteiger partial charge is 0.465 e. The molecule has 4 nitrogen and oxygen atoms in total. The van der Waals surface area contributed by atoms with Gasteiger partial charge in [0.15, 0.2) is 0 Å². The van der Waals surface area contributed by atoms with E-state index in [4.69, 9.17) is 4.74 Å².